The summed E-state index contributed by atoms with van der Waals surface area (Å²) in [6.07, 6.45) is 9.97. The average Bonchev–Trinajstić information content (AvgIpc) is 2.34. The summed E-state index contributed by atoms with van der Waals surface area (Å²) < 4.78 is 0.955. The molecule has 0 aromatic carbocycles. The lowest BCUT2D eigenvalue weighted by molar-refractivity contribution is 0.327. The number of rotatable bonds is 3. The third-order valence-corrected chi connectivity index (χ3v) is 4.24. The fourth-order valence-electron chi connectivity index (χ4n) is 2.60. The van der Waals surface area contributed by atoms with E-state index in [1.165, 1.54) is 32.1 Å². The first-order valence-electron chi connectivity index (χ1n) is 6.36. The fraction of sp³-hybridized carbons (Fsp3) is 0.615. The van der Waals surface area contributed by atoms with Gasteiger partial charge in [0.2, 0.25) is 0 Å². The van der Waals surface area contributed by atoms with Gasteiger partial charge in [-0.15, -0.1) is 0 Å². The molecule has 2 unspecified atom stereocenters. The summed E-state index contributed by atoms with van der Waals surface area (Å²) >= 11 is 3.50. The monoisotopic (exact) mass is 297 g/mol. The second-order valence-corrected chi connectivity index (χ2v) is 5.72. The molecule has 1 aliphatic carbocycles. The molecule has 0 spiro atoms. The Morgan fingerprint density at radius 3 is 3.00 bits per heavy atom. The summed E-state index contributed by atoms with van der Waals surface area (Å²) in [7, 11) is 0. The summed E-state index contributed by atoms with van der Waals surface area (Å²) in [5, 5.41) is 3.57. The van der Waals surface area contributed by atoms with Crippen molar-refractivity contribution >= 4 is 27.3 Å². The summed E-state index contributed by atoms with van der Waals surface area (Å²) in [4.78, 5) is 4.06. The molecule has 1 heterocycles. The molecule has 0 bridgehead atoms. The molecule has 3 N–H and O–H groups in total. The predicted molar refractivity (Wildman–Crippen MR) is 76.0 cm³/mol. The van der Waals surface area contributed by atoms with E-state index in [4.69, 9.17) is 5.73 Å². The number of nitrogens with two attached hydrogens (primary N) is 1. The van der Waals surface area contributed by atoms with Gasteiger partial charge in [-0.25, -0.2) is 0 Å². The molecule has 1 fully saturated rings. The van der Waals surface area contributed by atoms with Crippen LogP contribution in [0.3, 0.4) is 0 Å². The molecule has 1 aromatic heterocycles. The van der Waals surface area contributed by atoms with E-state index in [-0.39, 0.29) is 0 Å². The minimum atomic E-state index is 0.551. The van der Waals surface area contributed by atoms with Crippen molar-refractivity contribution in [1.82, 2.24) is 4.98 Å². The van der Waals surface area contributed by atoms with E-state index >= 15 is 0 Å². The second-order valence-electron chi connectivity index (χ2n) is 4.87. The van der Waals surface area contributed by atoms with E-state index in [0.717, 1.165) is 21.8 Å². The Morgan fingerprint density at radius 2 is 2.29 bits per heavy atom. The van der Waals surface area contributed by atoms with Crippen LogP contribution in [0.5, 0.6) is 0 Å². The van der Waals surface area contributed by atoms with Crippen LogP contribution in [0.4, 0.5) is 11.4 Å². The third kappa shape index (κ3) is 3.12. The molecular weight excluding hydrogens is 278 g/mol. The molecule has 0 saturated heterocycles. The molecule has 4 heteroatoms. The number of halogens is 1. The van der Waals surface area contributed by atoms with Gasteiger partial charge in [-0.1, -0.05) is 26.2 Å². The molecular formula is C13H20BrN3. The number of pyridine rings is 1. The maximum absolute atomic E-state index is 5.95. The van der Waals surface area contributed by atoms with Gasteiger partial charge in [0.15, 0.2) is 0 Å². The molecule has 3 nitrogen and oxygen atoms in total. The zero-order valence-electron chi connectivity index (χ0n) is 10.2. The number of aromatic nitrogens is 1. The van der Waals surface area contributed by atoms with Gasteiger partial charge in [0.25, 0.3) is 0 Å². The van der Waals surface area contributed by atoms with Gasteiger partial charge in [-0.2, -0.15) is 0 Å². The van der Waals surface area contributed by atoms with Crippen molar-refractivity contribution in [2.75, 3.05) is 11.1 Å². The van der Waals surface area contributed by atoms with Crippen LogP contribution in [-0.4, -0.2) is 11.0 Å². The molecule has 1 saturated carbocycles. The maximum atomic E-state index is 5.95. The van der Waals surface area contributed by atoms with Crippen LogP contribution in [0.25, 0.3) is 0 Å². The predicted octanol–water partition coefficient (Wildman–Crippen LogP) is 3.81. The molecule has 17 heavy (non-hydrogen) atoms. The Labute approximate surface area is 111 Å². The Kier molecular flexibility index (Phi) is 4.26. The minimum Gasteiger partial charge on any atom is -0.396 e. The molecule has 2 atom stereocenters. The molecule has 0 aliphatic heterocycles. The molecule has 2 rings (SSSR count). The number of nitrogen functional groups attached to an aromatic ring is 1. The lowest BCUT2D eigenvalue weighted by Crippen LogP contribution is -2.27. The molecule has 94 valence electrons. The Morgan fingerprint density at radius 1 is 1.47 bits per heavy atom. The number of hydrogen-bond donors (Lipinski definition) is 2. The summed E-state index contributed by atoms with van der Waals surface area (Å²) in [6.45, 7) is 2.28. The number of hydrogen-bond acceptors (Lipinski definition) is 3. The van der Waals surface area contributed by atoms with Crippen molar-refractivity contribution in [1.29, 1.82) is 0 Å². The lowest BCUT2D eigenvalue weighted by Gasteiger charge is -2.30. The zero-order valence-corrected chi connectivity index (χ0v) is 11.8. The third-order valence-electron chi connectivity index (χ3n) is 3.64. The van der Waals surface area contributed by atoms with Crippen molar-refractivity contribution in [2.45, 2.75) is 45.1 Å². The first-order valence-corrected chi connectivity index (χ1v) is 7.15. The second kappa shape index (κ2) is 5.71. The van der Waals surface area contributed by atoms with Gasteiger partial charge in [0.1, 0.15) is 0 Å². The van der Waals surface area contributed by atoms with Gasteiger partial charge in [-0.3, -0.25) is 4.98 Å². The summed E-state index contributed by atoms with van der Waals surface area (Å²) in [6, 6.07) is 0.551. The quantitative estimate of drug-likeness (QED) is 0.892. The van der Waals surface area contributed by atoms with E-state index < -0.39 is 0 Å². The largest absolute Gasteiger partial charge is 0.396 e. The van der Waals surface area contributed by atoms with Crippen LogP contribution in [0.2, 0.25) is 0 Å². The van der Waals surface area contributed by atoms with Gasteiger partial charge < -0.3 is 11.1 Å². The molecule has 0 radical (unpaired) electrons. The van der Waals surface area contributed by atoms with Crippen LogP contribution in [0.1, 0.15) is 39.0 Å². The van der Waals surface area contributed by atoms with Crippen LogP contribution < -0.4 is 11.1 Å². The highest BCUT2D eigenvalue weighted by molar-refractivity contribution is 9.10. The SMILES string of the molecule is CCC1CCCC(Nc2c(N)cncc2Br)C1. The minimum absolute atomic E-state index is 0.551. The normalized spacial score (nSPS) is 24.6. The van der Waals surface area contributed by atoms with Crippen molar-refractivity contribution in [3.63, 3.8) is 0 Å². The summed E-state index contributed by atoms with van der Waals surface area (Å²) in [5.74, 6) is 0.864. The van der Waals surface area contributed by atoms with E-state index in [1.807, 2.05) is 0 Å². The van der Waals surface area contributed by atoms with E-state index in [0.29, 0.717) is 6.04 Å². The number of nitrogens with zero attached hydrogens (tertiary/aromatic N) is 1. The Hall–Kier alpha value is -0.770. The van der Waals surface area contributed by atoms with Crippen molar-refractivity contribution in [2.24, 2.45) is 5.92 Å². The first-order chi connectivity index (χ1) is 8.20. The van der Waals surface area contributed by atoms with Gasteiger partial charge in [0, 0.05) is 12.2 Å². The lowest BCUT2D eigenvalue weighted by atomic mass is 9.84. The summed E-state index contributed by atoms with van der Waals surface area (Å²) in [5.41, 5.74) is 7.67. The van der Waals surface area contributed by atoms with Crippen LogP contribution in [-0.2, 0) is 0 Å². The molecule has 1 aromatic rings. The zero-order chi connectivity index (χ0) is 12.3. The Bertz CT molecular complexity index is 361. The highest BCUT2D eigenvalue weighted by atomic mass is 79.9. The first kappa shape index (κ1) is 12.7. The highest BCUT2D eigenvalue weighted by Crippen LogP contribution is 2.33. The maximum Gasteiger partial charge on any atom is 0.0752 e. The van der Waals surface area contributed by atoms with Crippen LogP contribution >= 0.6 is 15.9 Å². The Balaban J connectivity index is 2.05. The van der Waals surface area contributed by atoms with Crippen LogP contribution in [0, 0.1) is 5.92 Å². The standard InChI is InChI=1S/C13H20BrN3/c1-2-9-4-3-5-10(6-9)17-13-11(14)7-16-8-12(13)15/h7-10H,2-6,15H2,1H3,(H,16,17). The van der Waals surface area contributed by atoms with Crippen molar-refractivity contribution in [3.05, 3.63) is 16.9 Å². The highest BCUT2D eigenvalue weighted by Gasteiger charge is 2.21. The fourth-order valence-corrected chi connectivity index (χ4v) is 3.06. The van der Waals surface area contributed by atoms with E-state index in [9.17, 15) is 0 Å². The van der Waals surface area contributed by atoms with Crippen molar-refractivity contribution in [3.8, 4) is 0 Å². The van der Waals surface area contributed by atoms with E-state index in [2.05, 4.69) is 33.2 Å². The smallest absolute Gasteiger partial charge is 0.0752 e. The molecule has 0 amide bonds. The average molecular weight is 298 g/mol. The number of nitrogens with one attached hydrogen (secondary N) is 1. The van der Waals surface area contributed by atoms with Crippen molar-refractivity contribution < 1.29 is 0 Å². The molecule has 1 aliphatic rings. The van der Waals surface area contributed by atoms with Gasteiger partial charge in [-0.05, 0) is 34.7 Å². The van der Waals surface area contributed by atoms with Gasteiger partial charge >= 0.3 is 0 Å². The van der Waals surface area contributed by atoms with Crippen LogP contribution in [0.15, 0.2) is 16.9 Å². The van der Waals surface area contributed by atoms with Gasteiger partial charge in [0.05, 0.1) is 22.0 Å². The topological polar surface area (TPSA) is 50.9 Å². The van der Waals surface area contributed by atoms with E-state index in [1.54, 1.807) is 12.4 Å². The number of anilines is 2.